The minimum absolute atomic E-state index is 0.155. The van der Waals surface area contributed by atoms with Gasteiger partial charge in [-0.2, -0.15) is 0 Å². The van der Waals surface area contributed by atoms with E-state index in [4.69, 9.17) is 0 Å². The molecule has 1 N–H and O–H groups in total. The number of aliphatic hydroxyl groups is 1. The number of aliphatic hydroxyl groups excluding tert-OH is 1. The van der Waals surface area contributed by atoms with Gasteiger partial charge >= 0.3 is 0 Å². The highest BCUT2D eigenvalue weighted by atomic mass is 16.3. The molecular weight excluding hydrogens is 172 g/mol. The maximum atomic E-state index is 9.92. The van der Waals surface area contributed by atoms with E-state index in [9.17, 15) is 5.11 Å². The number of hydrogen-bond donors (Lipinski definition) is 1. The average molecular weight is 186 g/mol. The molecule has 2 bridgehead atoms. The summed E-state index contributed by atoms with van der Waals surface area (Å²) in [7, 11) is 0. The van der Waals surface area contributed by atoms with Crippen LogP contribution in [0.15, 0.2) is 36.9 Å². The van der Waals surface area contributed by atoms with E-state index < -0.39 is 0 Å². The molecule has 2 aliphatic rings. The Kier molecular flexibility index (Phi) is 1.59. The number of rotatable bonds is 1. The van der Waals surface area contributed by atoms with Gasteiger partial charge in [-0.3, -0.25) is 0 Å². The van der Waals surface area contributed by atoms with Crippen LogP contribution in [0.4, 0.5) is 0 Å². The second-order valence-electron chi connectivity index (χ2n) is 4.38. The van der Waals surface area contributed by atoms with Crippen molar-refractivity contribution in [3.05, 3.63) is 48.0 Å². The van der Waals surface area contributed by atoms with Crippen molar-refractivity contribution in [1.29, 1.82) is 0 Å². The molecule has 1 heteroatoms. The summed E-state index contributed by atoms with van der Waals surface area (Å²) in [5, 5.41) is 9.92. The summed E-state index contributed by atoms with van der Waals surface area (Å²) in [5.74, 6) is 1.29. The SMILES string of the molecule is C=C[C@H]1[C@H]2c3ccccc3[C@@H]1C[C@@H]2O. The van der Waals surface area contributed by atoms with Gasteiger partial charge in [-0.25, -0.2) is 0 Å². The van der Waals surface area contributed by atoms with Gasteiger partial charge in [0.1, 0.15) is 0 Å². The summed E-state index contributed by atoms with van der Waals surface area (Å²) >= 11 is 0. The van der Waals surface area contributed by atoms with Crippen LogP contribution in [0.3, 0.4) is 0 Å². The molecule has 14 heavy (non-hydrogen) atoms. The molecule has 0 heterocycles. The average Bonchev–Trinajstić information content (AvgIpc) is 2.69. The molecule has 0 aliphatic heterocycles. The molecule has 1 fully saturated rings. The second kappa shape index (κ2) is 2.71. The van der Waals surface area contributed by atoms with Crippen LogP contribution in [-0.2, 0) is 0 Å². The summed E-state index contributed by atoms with van der Waals surface area (Å²) in [5.41, 5.74) is 2.79. The fraction of sp³-hybridized carbons (Fsp3) is 0.385. The summed E-state index contributed by atoms with van der Waals surface area (Å²) < 4.78 is 0. The molecule has 1 nitrogen and oxygen atoms in total. The van der Waals surface area contributed by atoms with Crippen molar-refractivity contribution in [2.75, 3.05) is 0 Å². The summed E-state index contributed by atoms with van der Waals surface area (Å²) in [4.78, 5) is 0. The number of fused-ring (bicyclic) bond motifs is 5. The molecule has 0 aromatic heterocycles. The van der Waals surface area contributed by atoms with Crippen molar-refractivity contribution in [2.24, 2.45) is 5.92 Å². The number of allylic oxidation sites excluding steroid dienone is 1. The van der Waals surface area contributed by atoms with Crippen LogP contribution in [0.5, 0.6) is 0 Å². The van der Waals surface area contributed by atoms with Gasteiger partial charge < -0.3 is 5.11 Å². The van der Waals surface area contributed by atoms with Crippen LogP contribution in [0.2, 0.25) is 0 Å². The maximum absolute atomic E-state index is 9.92. The van der Waals surface area contributed by atoms with Gasteiger partial charge in [0.2, 0.25) is 0 Å². The quantitative estimate of drug-likeness (QED) is 0.668. The zero-order valence-corrected chi connectivity index (χ0v) is 8.06. The predicted octanol–water partition coefficient (Wildman–Crippen LogP) is 2.43. The van der Waals surface area contributed by atoms with E-state index >= 15 is 0 Å². The van der Waals surface area contributed by atoms with Gasteiger partial charge in [-0.05, 0) is 29.4 Å². The lowest BCUT2D eigenvalue weighted by Crippen LogP contribution is -2.15. The van der Waals surface area contributed by atoms with E-state index in [1.165, 1.54) is 11.1 Å². The lowest BCUT2D eigenvalue weighted by Gasteiger charge is -2.19. The van der Waals surface area contributed by atoms with Crippen LogP contribution in [0.25, 0.3) is 0 Å². The van der Waals surface area contributed by atoms with Crippen LogP contribution < -0.4 is 0 Å². The number of hydrogen-bond acceptors (Lipinski definition) is 1. The van der Waals surface area contributed by atoms with Crippen molar-refractivity contribution in [3.63, 3.8) is 0 Å². The van der Waals surface area contributed by atoms with Crippen LogP contribution in [-0.4, -0.2) is 11.2 Å². The molecular formula is C13H14O. The van der Waals surface area contributed by atoms with Gasteiger partial charge in [0.15, 0.2) is 0 Å². The Bertz CT molecular complexity index is 383. The van der Waals surface area contributed by atoms with Crippen molar-refractivity contribution in [2.45, 2.75) is 24.4 Å². The Morgan fingerprint density at radius 1 is 1.29 bits per heavy atom. The summed E-state index contributed by atoms with van der Waals surface area (Å²) in [6.45, 7) is 3.89. The summed E-state index contributed by atoms with van der Waals surface area (Å²) in [6.07, 6.45) is 2.78. The lowest BCUT2D eigenvalue weighted by atomic mass is 9.90. The van der Waals surface area contributed by atoms with E-state index in [1.807, 2.05) is 6.08 Å². The molecule has 0 amide bonds. The Morgan fingerprint density at radius 3 is 2.71 bits per heavy atom. The third-order valence-corrected chi connectivity index (χ3v) is 3.82. The van der Waals surface area contributed by atoms with E-state index in [2.05, 4.69) is 30.8 Å². The molecule has 72 valence electrons. The summed E-state index contributed by atoms with van der Waals surface area (Å²) in [6, 6.07) is 8.50. The van der Waals surface area contributed by atoms with E-state index in [0.717, 1.165) is 6.42 Å². The van der Waals surface area contributed by atoms with Gasteiger partial charge in [0.05, 0.1) is 6.10 Å². The Morgan fingerprint density at radius 2 is 2.00 bits per heavy atom. The molecule has 1 aromatic rings. The fourth-order valence-electron chi connectivity index (χ4n) is 3.28. The monoisotopic (exact) mass is 186 g/mol. The fourth-order valence-corrected chi connectivity index (χ4v) is 3.28. The molecule has 0 saturated heterocycles. The predicted molar refractivity (Wildman–Crippen MR) is 56.2 cm³/mol. The topological polar surface area (TPSA) is 20.2 Å². The minimum atomic E-state index is -0.155. The van der Waals surface area contributed by atoms with Gasteiger partial charge in [0, 0.05) is 5.92 Å². The van der Waals surface area contributed by atoms with E-state index in [-0.39, 0.29) is 6.10 Å². The smallest absolute Gasteiger partial charge is 0.0620 e. The largest absolute Gasteiger partial charge is 0.392 e. The standard InChI is InChI=1S/C13H14O/c1-2-8-11-7-12(14)13(8)10-6-4-3-5-9(10)11/h2-6,8,11-14H,1,7H2/t8-,11-,12+,13+/m1/s1. The van der Waals surface area contributed by atoms with Gasteiger partial charge in [-0.15, -0.1) is 6.58 Å². The molecule has 2 aliphatic carbocycles. The second-order valence-corrected chi connectivity index (χ2v) is 4.38. The molecule has 0 unspecified atom stereocenters. The van der Waals surface area contributed by atoms with Crippen LogP contribution in [0.1, 0.15) is 29.4 Å². The zero-order valence-electron chi connectivity index (χ0n) is 8.06. The molecule has 1 aromatic carbocycles. The molecule has 1 saturated carbocycles. The first-order valence-corrected chi connectivity index (χ1v) is 5.22. The Hall–Kier alpha value is -1.08. The first kappa shape index (κ1) is 8.25. The van der Waals surface area contributed by atoms with Crippen LogP contribution >= 0.6 is 0 Å². The molecule has 0 radical (unpaired) electrons. The maximum Gasteiger partial charge on any atom is 0.0620 e. The highest BCUT2D eigenvalue weighted by Crippen LogP contribution is 2.57. The Balaban J connectivity index is 2.17. The highest BCUT2D eigenvalue weighted by molar-refractivity contribution is 5.45. The van der Waals surface area contributed by atoms with Crippen molar-refractivity contribution >= 4 is 0 Å². The third kappa shape index (κ3) is 0.833. The minimum Gasteiger partial charge on any atom is -0.392 e. The molecule has 3 rings (SSSR count). The van der Waals surface area contributed by atoms with E-state index in [0.29, 0.717) is 17.8 Å². The molecule has 4 atom stereocenters. The van der Waals surface area contributed by atoms with Gasteiger partial charge in [0.25, 0.3) is 0 Å². The van der Waals surface area contributed by atoms with Crippen molar-refractivity contribution < 1.29 is 5.11 Å². The zero-order chi connectivity index (χ0) is 9.71. The lowest BCUT2D eigenvalue weighted by molar-refractivity contribution is 0.155. The number of benzene rings is 1. The Labute approximate surface area is 84.1 Å². The third-order valence-electron chi connectivity index (χ3n) is 3.82. The molecule has 0 spiro atoms. The van der Waals surface area contributed by atoms with Crippen LogP contribution in [0, 0.1) is 5.92 Å². The van der Waals surface area contributed by atoms with Crippen molar-refractivity contribution in [3.8, 4) is 0 Å². The van der Waals surface area contributed by atoms with Gasteiger partial charge in [-0.1, -0.05) is 30.3 Å². The first-order valence-electron chi connectivity index (χ1n) is 5.22. The normalized spacial score (nSPS) is 38.4. The highest BCUT2D eigenvalue weighted by Gasteiger charge is 2.49. The first-order chi connectivity index (χ1) is 6.83. The van der Waals surface area contributed by atoms with E-state index in [1.54, 1.807) is 0 Å². The van der Waals surface area contributed by atoms with Crippen molar-refractivity contribution in [1.82, 2.24) is 0 Å².